The zero-order valence-electron chi connectivity index (χ0n) is 11.6. The van der Waals surface area contributed by atoms with Crippen molar-refractivity contribution in [3.63, 3.8) is 0 Å². The molecule has 1 fully saturated rings. The summed E-state index contributed by atoms with van der Waals surface area (Å²) in [7, 11) is 0. The van der Waals surface area contributed by atoms with Crippen LogP contribution in [0.4, 0.5) is 0 Å². The number of rotatable bonds is 2. The van der Waals surface area contributed by atoms with Crippen LogP contribution in [0.2, 0.25) is 0 Å². The van der Waals surface area contributed by atoms with E-state index < -0.39 is 0 Å². The first-order valence-electron chi connectivity index (χ1n) is 6.69. The monoisotopic (exact) mass is 300 g/mol. The van der Waals surface area contributed by atoms with Gasteiger partial charge in [0.25, 0.3) is 0 Å². The summed E-state index contributed by atoms with van der Waals surface area (Å²) in [5.74, 6) is 0.227. The molecule has 2 aromatic heterocycles. The van der Waals surface area contributed by atoms with Crippen LogP contribution in [-0.2, 0) is 4.79 Å². The number of ketones is 1. The van der Waals surface area contributed by atoms with E-state index in [4.69, 9.17) is 0 Å². The van der Waals surface area contributed by atoms with Gasteiger partial charge in [0.15, 0.2) is 5.78 Å². The van der Waals surface area contributed by atoms with Gasteiger partial charge in [0, 0.05) is 20.9 Å². The number of carbonyl (C=O) groups excluding carboxylic acids is 1. The Balaban J connectivity index is 1.88. The third kappa shape index (κ3) is 2.56. The molecule has 102 valence electrons. The van der Waals surface area contributed by atoms with Crippen LogP contribution in [0.25, 0.3) is 12.2 Å². The quantitative estimate of drug-likeness (QED) is 0.692. The van der Waals surface area contributed by atoms with Gasteiger partial charge in [0.1, 0.15) is 0 Å². The molecule has 0 radical (unpaired) electrons. The fourth-order valence-electron chi connectivity index (χ4n) is 2.36. The lowest BCUT2D eigenvalue weighted by Crippen LogP contribution is -1.95. The molecule has 1 aliphatic rings. The van der Waals surface area contributed by atoms with Gasteiger partial charge in [-0.05, 0) is 72.9 Å². The van der Waals surface area contributed by atoms with Crippen molar-refractivity contribution in [3.05, 3.63) is 54.9 Å². The lowest BCUT2D eigenvalue weighted by molar-refractivity contribution is -0.111. The number of hydrogen-bond acceptors (Lipinski definition) is 3. The second-order valence-corrected chi connectivity index (χ2v) is 7.00. The fraction of sp³-hybridized carbons (Fsp3) is 0.235. The molecule has 0 unspecified atom stereocenters. The van der Waals surface area contributed by atoms with Gasteiger partial charge >= 0.3 is 0 Å². The van der Waals surface area contributed by atoms with Crippen LogP contribution in [0.5, 0.6) is 0 Å². The molecule has 0 aromatic carbocycles. The number of carbonyl (C=O) groups is 1. The summed E-state index contributed by atoms with van der Waals surface area (Å²) in [5, 5.41) is 4.15. The molecular weight excluding hydrogens is 284 g/mol. The van der Waals surface area contributed by atoms with Gasteiger partial charge in [0.05, 0.1) is 0 Å². The van der Waals surface area contributed by atoms with Gasteiger partial charge in [-0.1, -0.05) is 0 Å². The molecule has 3 heteroatoms. The predicted octanol–water partition coefficient (Wildman–Crippen LogP) is 5.26. The van der Waals surface area contributed by atoms with Gasteiger partial charge in [-0.15, -0.1) is 22.7 Å². The average molecular weight is 300 g/mol. The van der Waals surface area contributed by atoms with E-state index in [9.17, 15) is 4.79 Å². The molecule has 2 aromatic rings. The summed E-state index contributed by atoms with van der Waals surface area (Å²) in [6.07, 6.45) is 5.88. The van der Waals surface area contributed by atoms with Crippen molar-refractivity contribution in [2.75, 3.05) is 0 Å². The Kier molecular flexibility index (Phi) is 3.72. The first kappa shape index (κ1) is 13.5. The van der Waals surface area contributed by atoms with Gasteiger partial charge in [-0.3, -0.25) is 4.79 Å². The van der Waals surface area contributed by atoms with E-state index in [1.165, 1.54) is 20.9 Å². The van der Waals surface area contributed by atoms with Gasteiger partial charge in [-0.25, -0.2) is 0 Å². The molecule has 0 saturated heterocycles. The van der Waals surface area contributed by atoms with Crippen LogP contribution in [-0.4, -0.2) is 5.78 Å². The normalized spacial score (nSPS) is 19.4. The molecule has 20 heavy (non-hydrogen) atoms. The largest absolute Gasteiger partial charge is 0.289 e. The predicted molar refractivity (Wildman–Crippen MR) is 88.3 cm³/mol. The first-order chi connectivity index (χ1) is 9.65. The van der Waals surface area contributed by atoms with E-state index in [0.717, 1.165) is 24.0 Å². The lowest BCUT2D eigenvalue weighted by Gasteiger charge is -1.96. The Morgan fingerprint density at radius 2 is 1.35 bits per heavy atom. The van der Waals surface area contributed by atoms with Crippen LogP contribution < -0.4 is 0 Å². The Morgan fingerprint density at radius 3 is 1.70 bits per heavy atom. The second kappa shape index (κ2) is 5.51. The highest BCUT2D eigenvalue weighted by molar-refractivity contribution is 7.11. The third-order valence-corrected chi connectivity index (χ3v) is 5.59. The van der Waals surface area contributed by atoms with Crippen molar-refractivity contribution in [2.24, 2.45) is 0 Å². The van der Waals surface area contributed by atoms with Crippen molar-refractivity contribution in [1.82, 2.24) is 0 Å². The molecule has 0 amide bonds. The molecule has 0 bridgehead atoms. The Hall–Kier alpha value is -1.45. The van der Waals surface area contributed by atoms with Gasteiger partial charge < -0.3 is 0 Å². The number of aryl methyl sites for hydroxylation is 2. The van der Waals surface area contributed by atoms with Crippen LogP contribution >= 0.6 is 22.7 Å². The van der Waals surface area contributed by atoms with E-state index in [1.807, 2.05) is 0 Å². The molecular formula is C17H16OS2. The van der Waals surface area contributed by atoms with E-state index in [0.29, 0.717) is 0 Å². The molecule has 0 N–H and O–H groups in total. The highest BCUT2D eigenvalue weighted by Crippen LogP contribution is 2.32. The maximum atomic E-state index is 12.5. The number of thiophene rings is 2. The molecule has 0 aliphatic heterocycles. The Morgan fingerprint density at radius 1 is 0.900 bits per heavy atom. The average Bonchev–Trinajstić information content (AvgIpc) is 3.09. The highest BCUT2D eigenvalue weighted by atomic mass is 32.1. The van der Waals surface area contributed by atoms with Crippen LogP contribution in [0.1, 0.15) is 33.7 Å². The SMILES string of the molecule is Cc1ccsc1/C=C1/CC/C(=C\c2sccc2C)C1=O. The lowest BCUT2D eigenvalue weighted by atomic mass is 10.1. The van der Waals surface area contributed by atoms with E-state index in [2.05, 4.69) is 48.9 Å². The highest BCUT2D eigenvalue weighted by Gasteiger charge is 2.23. The minimum absolute atomic E-state index is 0.227. The fourth-order valence-corrected chi connectivity index (χ4v) is 4.13. The summed E-state index contributed by atoms with van der Waals surface area (Å²) in [5.41, 5.74) is 4.41. The summed E-state index contributed by atoms with van der Waals surface area (Å²) < 4.78 is 0. The van der Waals surface area contributed by atoms with Crippen LogP contribution in [0.15, 0.2) is 34.0 Å². The van der Waals surface area contributed by atoms with Gasteiger partial charge in [-0.2, -0.15) is 0 Å². The zero-order valence-corrected chi connectivity index (χ0v) is 13.2. The minimum atomic E-state index is 0.227. The topological polar surface area (TPSA) is 17.1 Å². The van der Waals surface area contributed by atoms with Crippen molar-refractivity contribution >= 4 is 40.6 Å². The van der Waals surface area contributed by atoms with E-state index in [-0.39, 0.29) is 5.78 Å². The zero-order chi connectivity index (χ0) is 14.1. The molecule has 0 atom stereocenters. The van der Waals surface area contributed by atoms with Gasteiger partial charge in [0.2, 0.25) is 0 Å². The number of allylic oxidation sites excluding steroid dienone is 2. The molecule has 1 nitrogen and oxygen atoms in total. The maximum Gasteiger partial charge on any atom is 0.185 e. The number of hydrogen-bond donors (Lipinski definition) is 0. The summed E-state index contributed by atoms with van der Waals surface area (Å²) in [4.78, 5) is 14.9. The second-order valence-electron chi connectivity index (χ2n) is 5.10. The Labute approximate surface area is 127 Å². The smallest absolute Gasteiger partial charge is 0.185 e. The molecule has 3 rings (SSSR count). The van der Waals surface area contributed by atoms with Crippen LogP contribution in [0, 0.1) is 13.8 Å². The Bertz CT molecular complexity index is 653. The van der Waals surface area contributed by atoms with Crippen molar-refractivity contribution in [2.45, 2.75) is 26.7 Å². The summed E-state index contributed by atoms with van der Waals surface area (Å²) in [6.45, 7) is 4.18. The van der Waals surface area contributed by atoms with E-state index in [1.54, 1.807) is 22.7 Å². The molecule has 0 spiro atoms. The standard InChI is InChI=1S/C17H16OS2/c1-11-5-7-19-15(11)9-13-3-4-14(17(13)18)10-16-12(2)6-8-20-16/h5-10H,3-4H2,1-2H3/b13-9-,14-10+. The molecule has 2 heterocycles. The first-order valence-corrected chi connectivity index (χ1v) is 8.45. The van der Waals surface area contributed by atoms with Crippen LogP contribution in [0.3, 0.4) is 0 Å². The third-order valence-electron chi connectivity index (χ3n) is 3.66. The van der Waals surface area contributed by atoms with Crippen molar-refractivity contribution < 1.29 is 4.79 Å². The molecule has 1 aliphatic carbocycles. The minimum Gasteiger partial charge on any atom is -0.289 e. The van der Waals surface area contributed by atoms with E-state index >= 15 is 0 Å². The summed E-state index contributed by atoms with van der Waals surface area (Å²) in [6, 6.07) is 4.20. The summed E-state index contributed by atoms with van der Waals surface area (Å²) >= 11 is 3.40. The molecule has 1 saturated carbocycles. The van der Waals surface area contributed by atoms with Crippen molar-refractivity contribution in [1.29, 1.82) is 0 Å². The number of Topliss-reactive ketones (excluding diaryl/α,β-unsaturated/α-hetero) is 1. The maximum absolute atomic E-state index is 12.5. The van der Waals surface area contributed by atoms with Crippen molar-refractivity contribution in [3.8, 4) is 0 Å².